The molecular weight excluding hydrogens is 215 g/mol. The van der Waals surface area contributed by atoms with E-state index in [9.17, 15) is 4.39 Å². The van der Waals surface area contributed by atoms with Gasteiger partial charge in [0.25, 0.3) is 0 Å². The molecule has 1 atom stereocenters. The van der Waals surface area contributed by atoms with Gasteiger partial charge < -0.3 is 9.47 Å². The molecule has 0 aliphatic carbocycles. The second-order valence-corrected chi connectivity index (χ2v) is 4.51. The highest BCUT2D eigenvalue weighted by Gasteiger charge is 2.18. The van der Waals surface area contributed by atoms with Crippen molar-refractivity contribution in [2.45, 2.75) is 23.4 Å². The van der Waals surface area contributed by atoms with Crippen molar-refractivity contribution in [3.63, 3.8) is 0 Å². The van der Waals surface area contributed by atoms with Gasteiger partial charge in [0.1, 0.15) is 5.82 Å². The van der Waals surface area contributed by atoms with Gasteiger partial charge in [0, 0.05) is 19.1 Å². The summed E-state index contributed by atoms with van der Waals surface area (Å²) in [6.07, 6.45) is -0.324. The third-order valence-corrected chi connectivity index (χ3v) is 3.18. The molecule has 0 saturated carbocycles. The molecule has 4 heteroatoms. The van der Waals surface area contributed by atoms with E-state index in [4.69, 9.17) is 9.47 Å². The van der Waals surface area contributed by atoms with Crippen LogP contribution in [0.25, 0.3) is 0 Å². The summed E-state index contributed by atoms with van der Waals surface area (Å²) < 4.78 is 23.5. The molecule has 0 N–H and O–H groups in total. The monoisotopic (exact) mass is 230 g/mol. The van der Waals surface area contributed by atoms with Crippen molar-refractivity contribution in [2.24, 2.45) is 0 Å². The summed E-state index contributed by atoms with van der Waals surface area (Å²) in [7, 11) is 3.15. The zero-order chi connectivity index (χ0) is 11.3. The Hall–Kier alpha value is -0.580. The predicted molar refractivity (Wildman–Crippen MR) is 59.5 cm³/mol. The summed E-state index contributed by atoms with van der Waals surface area (Å²) in [5, 5.41) is 0.0388. The highest BCUT2D eigenvalue weighted by Crippen LogP contribution is 2.28. The average molecular weight is 230 g/mol. The maximum Gasteiger partial charge on any atom is 0.168 e. The minimum absolute atomic E-state index is 0.0388. The fraction of sp³-hybridized carbons (Fsp3) is 0.455. The summed E-state index contributed by atoms with van der Waals surface area (Å²) in [5.74, 6) is -0.208. The molecule has 0 aromatic heterocycles. The second kappa shape index (κ2) is 6.10. The molecule has 84 valence electrons. The maximum absolute atomic E-state index is 13.3. The Morgan fingerprint density at radius 2 is 1.80 bits per heavy atom. The van der Waals surface area contributed by atoms with Crippen LogP contribution in [0.2, 0.25) is 0 Å². The van der Waals surface area contributed by atoms with Crippen LogP contribution >= 0.6 is 11.8 Å². The van der Waals surface area contributed by atoms with E-state index in [0.717, 1.165) is 0 Å². The van der Waals surface area contributed by atoms with E-state index in [0.29, 0.717) is 4.90 Å². The summed E-state index contributed by atoms with van der Waals surface area (Å²) in [6.45, 7) is 1.94. The van der Waals surface area contributed by atoms with Crippen molar-refractivity contribution < 1.29 is 13.9 Å². The van der Waals surface area contributed by atoms with Crippen molar-refractivity contribution in [1.29, 1.82) is 0 Å². The molecule has 1 unspecified atom stereocenters. The average Bonchev–Trinajstić information content (AvgIpc) is 2.23. The first kappa shape index (κ1) is 12.5. The number of ether oxygens (including phenoxy) is 2. The van der Waals surface area contributed by atoms with Gasteiger partial charge in [-0.1, -0.05) is 12.1 Å². The van der Waals surface area contributed by atoms with Crippen molar-refractivity contribution in [2.75, 3.05) is 14.2 Å². The van der Waals surface area contributed by atoms with E-state index in [1.54, 1.807) is 26.4 Å². The molecule has 1 rings (SSSR count). The van der Waals surface area contributed by atoms with Gasteiger partial charge in [-0.15, -0.1) is 11.8 Å². The molecule has 0 aliphatic rings. The summed E-state index contributed by atoms with van der Waals surface area (Å²) >= 11 is 1.40. The Labute approximate surface area is 93.8 Å². The van der Waals surface area contributed by atoms with Gasteiger partial charge in [-0.3, -0.25) is 0 Å². The van der Waals surface area contributed by atoms with E-state index in [1.807, 2.05) is 13.0 Å². The molecule has 15 heavy (non-hydrogen) atoms. The zero-order valence-electron chi connectivity index (χ0n) is 9.07. The van der Waals surface area contributed by atoms with Crippen LogP contribution in [0.1, 0.15) is 6.92 Å². The molecule has 1 aromatic rings. The number of rotatable bonds is 5. The van der Waals surface area contributed by atoms with Gasteiger partial charge in [0.15, 0.2) is 6.29 Å². The Kier molecular flexibility index (Phi) is 5.08. The number of halogens is 1. The molecule has 0 saturated heterocycles. The largest absolute Gasteiger partial charge is 0.355 e. The Bertz CT molecular complexity index is 302. The van der Waals surface area contributed by atoms with Crippen LogP contribution in [0.3, 0.4) is 0 Å². The standard InChI is InChI=1S/C11H15FO2S/c1-8(11(13-2)14-3)15-10-7-5-4-6-9(10)12/h4-8,11H,1-3H3. The lowest BCUT2D eigenvalue weighted by Crippen LogP contribution is -2.24. The van der Waals surface area contributed by atoms with Gasteiger partial charge in [0.2, 0.25) is 0 Å². The predicted octanol–water partition coefficient (Wildman–Crippen LogP) is 2.93. The normalized spacial score (nSPS) is 13.1. The van der Waals surface area contributed by atoms with Crippen LogP contribution in [0, 0.1) is 5.82 Å². The van der Waals surface area contributed by atoms with Gasteiger partial charge in [-0.2, -0.15) is 0 Å². The van der Waals surface area contributed by atoms with Crippen LogP contribution in [-0.2, 0) is 9.47 Å². The number of benzene rings is 1. The first-order valence-corrected chi connectivity index (χ1v) is 5.53. The lowest BCUT2D eigenvalue weighted by Gasteiger charge is -2.20. The van der Waals surface area contributed by atoms with Crippen LogP contribution in [0.5, 0.6) is 0 Å². The second-order valence-electron chi connectivity index (χ2n) is 3.09. The van der Waals surface area contributed by atoms with Crippen LogP contribution in [0.4, 0.5) is 4.39 Å². The number of thioether (sulfide) groups is 1. The number of methoxy groups -OCH3 is 2. The minimum Gasteiger partial charge on any atom is -0.355 e. The van der Waals surface area contributed by atoms with E-state index in [-0.39, 0.29) is 17.4 Å². The van der Waals surface area contributed by atoms with E-state index in [1.165, 1.54) is 17.8 Å². The molecule has 0 aliphatic heterocycles. The maximum atomic E-state index is 13.3. The fourth-order valence-electron chi connectivity index (χ4n) is 1.28. The number of hydrogen-bond donors (Lipinski definition) is 0. The van der Waals surface area contributed by atoms with Crippen LogP contribution in [0.15, 0.2) is 29.2 Å². The molecule has 0 radical (unpaired) electrons. The first-order valence-electron chi connectivity index (χ1n) is 4.65. The van der Waals surface area contributed by atoms with Gasteiger partial charge in [-0.05, 0) is 19.1 Å². The molecule has 0 bridgehead atoms. The molecule has 0 spiro atoms. The van der Waals surface area contributed by atoms with Crippen molar-refractivity contribution >= 4 is 11.8 Å². The zero-order valence-corrected chi connectivity index (χ0v) is 9.88. The lowest BCUT2D eigenvalue weighted by atomic mass is 10.3. The fourth-order valence-corrected chi connectivity index (χ4v) is 2.35. The van der Waals surface area contributed by atoms with Crippen molar-refractivity contribution in [3.05, 3.63) is 30.1 Å². The highest BCUT2D eigenvalue weighted by molar-refractivity contribution is 8.00. The molecule has 0 heterocycles. The Morgan fingerprint density at radius 3 is 2.33 bits per heavy atom. The van der Waals surface area contributed by atoms with E-state index >= 15 is 0 Å². The van der Waals surface area contributed by atoms with Crippen molar-refractivity contribution in [3.8, 4) is 0 Å². The quantitative estimate of drug-likeness (QED) is 0.572. The summed E-state index contributed by atoms with van der Waals surface area (Å²) in [6, 6.07) is 6.68. The van der Waals surface area contributed by atoms with Gasteiger partial charge in [-0.25, -0.2) is 4.39 Å². The van der Waals surface area contributed by atoms with Gasteiger partial charge in [0.05, 0.1) is 5.25 Å². The number of hydrogen-bond acceptors (Lipinski definition) is 3. The Balaban J connectivity index is 2.65. The molecule has 2 nitrogen and oxygen atoms in total. The van der Waals surface area contributed by atoms with Crippen LogP contribution in [-0.4, -0.2) is 25.8 Å². The first-order chi connectivity index (χ1) is 7.19. The minimum atomic E-state index is -0.324. The van der Waals surface area contributed by atoms with Gasteiger partial charge >= 0.3 is 0 Å². The highest BCUT2D eigenvalue weighted by atomic mass is 32.2. The lowest BCUT2D eigenvalue weighted by molar-refractivity contribution is -0.0988. The summed E-state index contributed by atoms with van der Waals surface area (Å²) in [4.78, 5) is 0.615. The third-order valence-electron chi connectivity index (χ3n) is 2.00. The van der Waals surface area contributed by atoms with E-state index in [2.05, 4.69) is 0 Å². The summed E-state index contributed by atoms with van der Waals surface area (Å²) in [5.41, 5.74) is 0. The molecular formula is C11H15FO2S. The third kappa shape index (κ3) is 3.48. The molecule has 0 amide bonds. The van der Waals surface area contributed by atoms with E-state index < -0.39 is 0 Å². The Morgan fingerprint density at radius 1 is 1.20 bits per heavy atom. The molecule has 1 aromatic carbocycles. The smallest absolute Gasteiger partial charge is 0.168 e. The molecule has 0 fully saturated rings. The van der Waals surface area contributed by atoms with Crippen molar-refractivity contribution in [1.82, 2.24) is 0 Å². The van der Waals surface area contributed by atoms with Crippen LogP contribution < -0.4 is 0 Å². The SMILES string of the molecule is COC(OC)C(C)Sc1ccccc1F. The topological polar surface area (TPSA) is 18.5 Å².